The summed E-state index contributed by atoms with van der Waals surface area (Å²) in [5.74, 6) is 0.507. The number of nitrogens with zero attached hydrogens (tertiary/aromatic N) is 2. The summed E-state index contributed by atoms with van der Waals surface area (Å²) in [5, 5.41) is 6.16. The Kier molecular flexibility index (Phi) is 5.50. The van der Waals surface area contributed by atoms with E-state index in [9.17, 15) is 4.79 Å². The van der Waals surface area contributed by atoms with Crippen molar-refractivity contribution in [2.45, 2.75) is 33.6 Å². The predicted molar refractivity (Wildman–Crippen MR) is 110 cm³/mol. The molecule has 0 aliphatic rings. The second-order valence-electron chi connectivity index (χ2n) is 6.83. The molecule has 3 aromatic rings. The number of carbonyl (C=O) groups is 1. The summed E-state index contributed by atoms with van der Waals surface area (Å²) >= 11 is 0. The van der Waals surface area contributed by atoms with Gasteiger partial charge >= 0.3 is 0 Å². The van der Waals surface area contributed by atoms with Crippen molar-refractivity contribution in [1.82, 2.24) is 9.97 Å². The van der Waals surface area contributed by atoms with Gasteiger partial charge in [-0.05, 0) is 54.7 Å². The van der Waals surface area contributed by atoms with Gasteiger partial charge < -0.3 is 10.6 Å². The zero-order valence-electron chi connectivity index (χ0n) is 16.1. The van der Waals surface area contributed by atoms with Gasteiger partial charge in [-0.2, -0.15) is 0 Å². The summed E-state index contributed by atoms with van der Waals surface area (Å²) in [6.07, 6.45) is 1.59. The minimum absolute atomic E-state index is 0.258. The third kappa shape index (κ3) is 4.31. The highest BCUT2D eigenvalue weighted by atomic mass is 16.1. The Morgan fingerprint density at radius 3 is 2.48 bits per heavy atom. The maximum absolute atomic E-state index is 12.6. The zero-order chi connectivity index (χ0) is 19.4. The molecule has 0 atom stereocenters. The third-order valence-corrected chi connectivity index (χ3v) is 4.57. The molecular weight excluding hydrogens is 336 g/mol. The van der Waals surface area contributed by atoms with Gasteiger partial charge in [-0.25, -0.2) is 9.97 Å². The summed E-state index contributed by atoms with van der Waals surface area (Å²) in [4.78, 5) is 21.3. The van der Waals surface area contributed by atoms with E-state index < -0.39 is 0 Å². The molecule has 1 heterocycles. The fourth-order valence-electron chi connectivity index (χ4n) is 2.85. The van der Waals surface area contributed by atoms with Crippen molar-refractivity contribution in [1.29, 1.82) is 0 Å². The van der Waals surface area contributed by atoms with Crippen LogP contribution in [0.4, 0.5) is 17.3 Å². The first-order valence-corrected chi connectivity index (χ1v) is 9.02. The Morgan fingerprint density at radius 2 is 1.70 bits per heavy atom. The van der Waals surface area contributed by atoms with Gasteiger partial charge in [0.2, 0.25) is 5.95 Å². The molecule has 0 saturated heterocycles. The molecule has 0 saturated carbocycles. The maximum Gasteiger partial charge on any atom is 0.274 e. The first-order chi connectivity index (χ1) is 13.0. The fraction of sp³-hybridized carbons (Fsp3) is 0.227. The van der Waals surface area contributed by atoms with Crippen LogP contribution in [0.3, 0.4) is 0 Å². The van der Waals surface area contributed by atoms with E-state index in [4.69, 9.17) is 0 Å². The summed E-state index contributed by atoms with van der Waals surface area (Å²) < 4.78 is 0. The minimum Gasteiger partial charge on any atom is -0.324 e. The molecule has 1 amide bonds. The number of anilines is 3. The Labute approximate surface area is 159 Å². The fourth-order valence-corrected chi connectivity index (χ4v) is 2.85. The Morgan fingerprint density at radius 1 is 0.963 bits per heavy atom. The Hall–Kier alpha value is -3.21. The molecule has 27 heavy (non-hydrogen) atoms. The highest BCUT2D eigenvalue weighted by Crippen LogP contribution is 2.25. The molecule has 0 radical (unpaired) electrons. The number of benzene rings is 2. The van der Waals surface area contributed by atoms with E-state index in [0.717, 1.165) is 22.5 Å². The molecule has 0 unspecified atom stereocenters. The van der Waals surface area contributed by atoms with Crippen LogP contribution in [0.5, 0.6) is 0 Å². The molecule has 138 valence electrons. The first kappa shape index (κ1) is 18.6. The zero-order valence-corrected chi connectivity index (χ0v) is 16.1. The number of para-hydroxylation sites is 1. The molecule has 0 fully saturated rings. The molecule has 2 N–H and O–H groups in total. The van der Waals surface area contributed by atoms with E-state index in [0.29, 0.717) is 17.6 Å². The van der Waals surface area contributed by atoms with Gasteiger partial charge in [0.1, 0.15) is 5.69 Å². The average Bonchev–Trinajstić information content (AvgIpc) is 2.66. The van der Waals surface area contributed by atoms with Gasteiger partial charge in [0.25, 0.3) is 5.91 Å². The lowest BCUT2D eigenvalue weighted by Crippen LogP contribution is -2.15. The van der Waals surface area contributed by atoms with Crippen molar-refractivity contribution < 1.29 is 4.79 Å². The number of aryl methyl sites for hydroxylation is 1. The monoisotopic (exact) mass is 360 g/mol. The lowest BCUT2D eigenvalue weighted by Gasteiger charge is -2.14. The van der Waals surface area contributed by atoms with E-state index in [1.165, 1.54) is 5.56 Å². The van der Waals surface area contributed by atoms with Crippen LogP contribution in [0.25, 0.3) is 0 Å². The third-order valence-electron chi connectivity index (χ3n) is 4.57. The molecule has 3 rings (SSSR count). The van der Waals surface area contributed by atoms with E-state index in [2.05, 4.69) is 40.5 Å². The van der Waals surface area contributed by atoms with E-state index in [1.54, 1.807) is 12.3 Å². The van der Waals surface area contributed by atoms with Gasteiger partial charge in [-0.3, -0.25) is 4.79 Å². The van der Waals surface area contributed by atoms with Gasteiger partial charge in [0, 0.05) is 17.6 Å². The first-order valence-electron chi connectivity index (χ1n) is 9.02. The minimum atomic E-state index is -0.258. The molecule has 0 aliphatic heterocycles. The summed E-state index contributed by atoms with van der Waals surface area (Å²) in [6, 6.07) is 15.5. The van der Waals surface area contributed by atoms with E-state index >= 15 is 0 Å². The van der Waals surface area contributed by atoms with Gasteiger partial charge in [-0.15, -0.1) is 0 Å². The lowest BCUT2D eigenvalue weighted by molar-refractivity contribution is 0.102. The van der Waals surface area contributed by atoms with Crippen LogP contribution < -0.4 is 10.6 Å². The van der Waals surface area contributed by atoms with Crippen LogP contribution in [0, 0.1) is 13.8 Å². The second-order valence-corrected chi connectivity index (χ2v) is 6.83. The number of aromatic nitrogens is 2. The van der Waals surface area contributed by atoms with E-state index in [1.807, 2.05) is 50.2 Å². The number of hydrogen-bond donors (Lipinski definition) is 2. The average molecular weight is 360 g/mol. The molecule has 5 nitrogen and oxygen atoms in total. The quantitative estimate of drug-likeness (QED) is 0.655. The van der Waals surface area contributed by atoms with Crippen molar-refractivity contribution in [3.05, 3.63) is 77.1 Å². The summed E-state index contributed by atoms with van der Waals surface area (Å²) in [7, 11) is 0. The summed E-state index contributed by atoms with van der Waals surface area (Å²) in [5.41, 5.74) is 5.40. The highest BCUT2D eigenvalue weighted by molar-refractivity contribution is 6.03. The molecule has 0 spiro atoms. The van der Waals surface area contributed by atoms with Crippen LogP contribution >= 0.6 is 0 Å². The normalized spacial score (nSPS) is 10.7. The summed E-state index contributed by atoms with van der Waals surface area (Å²) in [6.45, 7) is 8.27. The number of hydrogen-bond acceptors (Lipinski definition) is 4. The smallest absolute Gasteiger partial charge is 0.274 e. The van der Waals surface area contributed by atoms with Crippen LogP contribution in [-0.2, 0) is 0 Å². The largest absolute Gasteiger partial charge is 0.324 e. The van der Waals surface area contributed by atoms with Crippen molar-refractivity contribution >= 4 is 23.2 Å². The number of amides is 1. The van der Waals surface area contributed by atoms with Crippen LogP contribution in [0.1, 0.15) is 46.9 Å². The molecule has 5 heteroatoms. The lowest BCUT2D eigenvalue weighted by atomic mass is 10.0. The molecule has 0 bridgehead atoms. The standard InChI is InChI=1S/C22H24N4O/c1-14(2)17-9-5-6-10-19(17)25-22-23-13-12-20(26-22)21(27)24-18-11-7-8-15(3)16(18)4/h5-14H,1-4H3,(H,24,27)(H,23,25,26). The topological polar surface area (TPSA) is 66.9 Å². The Balaban J connectivity index is 1.81. The molecule has 1 aromatic heterocycles. The van der Waals surface area contributed by atoms with Gasteiger partial charge in [0.15, 0.2) is 0 Å². The number of rotatable bonds is 5. The Bertz CT molecular complexity index is 966. The second kappa shape index (κ2) is 7.99. The SMILES string of the molecule is Cc1cccc(NC(=O)c2ccnc(Nc3ccccc3C(C)C)n2)c1C. The maximum atomic E-state index is 12.6. The highest BCUT2D eigenvalue weighted by Gasteiger charge is 2.12. The molecular formula is C22H24N4O. The van der Waals surface area contributed by atoms with Gasteiger partial charge in [0.05, 0.1) is 0 Å². The van der Waals surface area contributed by atoms with Crippen LogP contribution in [0.15, 0.2) is 54.7 Å². The van der Waals surface area contributed by atoms with Crippen molar-refractivity contribution in [2.24, 2.45) is 0 Å². The predicted octanol–water partition coefficient (Wildman–Crippen LogP) is 5.21. The van der Waals surface area contributed by atoms with Crippen molar-refractivity contribution in [3.63, 3.8) is 0 Å². The van der Waals surface area contributed by atoms with E-state index in [-0.39, 0.29) is 5.91 Å². The molecule has 2 aromatic carbocycles. The number of nitrogens with one attached hydrogen (secondary N) is 2. The van der Waals surface area contributed by atoms with Crippen molar-refractivity contribution in [3.8, 4) is 0 Å². The van der Waals surface area contributed by atoms with Crippen LogP contribution in [0.2, 0.25) is 0 Å². The molecule has 0 aliphatic carbocycles. The van der Waals surface area contributed by atoms with Crippen molar-refractivity contribution in [2.75, 3.05) is 10.6 Å². The van der Waals surface area contributed by atoms with Crippen LogP contribution in [-0.4, -0.2) is 15.9 Å². The van der Waals surface area contributed by atoms with Gasteiger partial charge in [-0.1, -0.05) is 44.2 Å². The number of carbonyl (C=O) groups excluding carboxylic acids is 1.